The van der Waals surface area contributed by atoms with Gasteiger partial charge in [0.25, 0.3) is 0 Å². The Morgan fingerprint density at radius 3 is 1.86 bits per heavy atom. The average molecular weight is 787 g/mol. The summed E-state index contributed by atoms with van der Waals surface area (Å²) in [6, 6.07) is 73.0. The second kappa shape index (κ2) is 13.6. The predicted octanol–water partition coefficient (Wildman–Crippen LogP) is 11.6. The molecule has 8 aromatic carbocycles. The van der Waals surface area contributed by atoms with Crippen LogP contribution < -0.4 is 20.7 Å². The van der Waals surface area contributed by atoms with Crippen LogP contribution >= 0.6 is 11.3 Å². The molecule has 3 heterocycles. The van der Waals surface area contributed by atoms with Crippen molar-refractivity contribution >= 4 is 99.1 Å². The van der Waals surface area contributed by atoms with Crippen molar-refractivity contribution < 1.29 is 0 Å². The van der Waals surface area contributed by atoms with Gasteiger partial charge in [0.2, 0.25) is 0 Å². The molecule has 0 saturated carbocycles. The Hall–Kier alpha value is -6.98. The van der Waals surface area contributed by atoms with Gasteiger partial charge >= 0.3 is 0 Å². The fourth-order valence-corrected chi connectivity index (χ4v) is 16.2. The van der Waals surface area contributed by atoms with Crippen molar-refractivity contribution in [2.45, 2.75) is 6.42 Å². The first-order valence-corrected chi connectivity index (χ1v) is 23.2. The highest BCUT2D eigenvalue weighted by Crippen LogP contribution is 2.41. The van der Waals surface area contributed by atoms with Crippen LogP contribution in [-0.4, -0.2) is 17.2 Å². The number of hydrogen-bond donors (Lipinski definition) is 0. The molecule has 0 spiro atoms. The third kappa shape index (κ3) is 5.10. The summed E-state index contributed by atoms with van der Waals surface area (Å²) >= 11 is 1.89. The lowest BCUT2D eigenvalue weighted by Gasteiger charge is -2.35. The monoisotopic (exact) mass is 786 g/mol. The Kier molecular flexibility index (Phi) is 7.84. The zero-order valence-corrected chi connectivity index (χ0v) is 34.1. The molecule has 12 rings (SSSR count). The minimum Gasteiger partial charge on any atom is -0.313 e. The molecule has 0 radical (unpaired) electrons. The van der Waals surface area contributed by atoms with E-state index in [1.54, 1.807) is 0 Å². The Bertz CT molecular complexity index is 3420. The molecule has 4 heteroatoms. The van der Waals surface area contributed by atoms with Crippen LogP contribution in [0.15, 0.2) is 212 Å². The topological polar surface area (TPSA) is 9.86 Å². The van der Waals surface area contributed by atoms with E-state index in [1.165, 1.54) is 96.3 Å². The Labute approximate surface area is 347 Å². The fraction of sp³-hybridized carbons (Fsp3) is 0.0182. The molecule has 0 N–H and O–H groups in total. The maximum absolute atomic E-state index is 3.08. The van der Waals surface area contributed by atoms with Crippen molar-refractivity contribution in [3.8, 4) is 11.4 Å². The number of nitrogens with zero attached hydrogens (tertiary/aromatic N) is 2. The first-order chi connectivity index (χ1) is 29.3. The zero-order chi connectivity index (χ0) is 38.9. The molecular weight excluding hydrogens is 749 g/mol. The number of para-hydroxylation sites is 3. The number of benzene rings is 8. The van der Waals surface area contributed by atoms with Crippen LogP contribution in [0.4, 0.5) is 0 Å². The Balaban J connectivity index is 1.21. The highest BCUT2D eigenvalue weighted by atomic mass is 32.1. The zero-order valence-electron chi connectivity index (χ0n) is 32.3. The fourth-order valence-electron chi connectivity index (χ4n) is 10.1. The molecule has 11 aromatic rings. The lowest BCUT2D eigenvalue weighted by Crippen LogP contribution is -2.75. The van der Waals surface area contributed by atoms with Crippen LogP contribution in [0, 0.1) is 0 Å². The Morgan fingerprint density at radius 2 is 1.07 bits per heavy atom. The van der Waals surface area contributed by atoms with Gasteiger partial charge in [0.15, 0.2) is 8.07 Å². The van der Waals surface area contributed by atoms with E-state index in [4.69, 9.17) is 0 Å². The van der Waals surface area contributed by atoms with Gasteiger partial charge < -0.3 is 9.13 Å². The number of rotatable bonds is 6. The lowest BCUT2D eigenvalue weighted by atomic mass is 10.1. The standard InChI is InChI=1S/C55H38N2SSi/c1-5-19-38(20-6-1)57-50-32-15-13-28-43(50)46-30-18-34-54(55(46)57)59(40-22-7-2-8-23-40,41-24-9-3-10-25-41)42-26-17-21-39(35-42)56-49-31-12-4-11-27-44(49)47-37-53-48(36-51(47)56)45-29-14-16-33-52(45)58-53/h1-30,32-37H,31H2. The smallest absolute Gasteiger partial charge is 0.181 e. The lowest BCUT2D eigenvalue weighted by molar-refractivity contribution is 1.00. The summed E-state index contributed by atoms with van der Waals surface area (Å²) in [5.74, 6) is 0. The molecule has 59 heavy (non-hydrogen) atoms. The molecule has 278 valence electrons. The van der Waals surface area contributed by atoms with Crippen molar-refractivity contribution in [3.05, 3.63) is 224 Å². The van der Waals surface area contributed by atoms with Gasteiger partial charge in [0.1, 0.15) is 0 Å². The second-order valence-corrected chi connectivity index (χ2v) is 20.4. The van der Waals surface area contributed by atoms with Gasteiger partial charge in [0.05, 0.1) is 16.6 Å². The number of allylic oxidation sites excluding steroid dienone is 3. The van der Waals surface area contributed by atoms with E-state index < -0.39 is 8.07 Å². The molecule has 2 nitrogen and oxygen atoms in total. The summed E-state index contributed by atoms with van der Waals surface area (Å²) in [6.45, 7) is 0. The van der Waals surface area contributed by atoms with Crippen LogP contribution in [0.2, 0.25) is 0 Å². The molecule has 1 aliphatic rings. The van der Waals surface area contributed by atoms with Crippen LogP contribution in [0.5, 0.6) is 0 Å². The minimum atomic E-state index is -3.08. The largest absolute Gasteiger partial charge is 0.313 e. The number of hydrogen-bond acceptors (Lipinski definition) is 1. The molecule has 0 saturated heterocycles. The first kappa shape index (κ1) is 34.1. The summed E-state index contributed by atoms with van der Waals surface area (Å²) in [6.07, 6.45) is 9.87. The molecule has 0 amide bonds. The van der Waals surface area contributed by atoms with E-state index in [2.05, 4.69) is 228 Å². The molecule has 3 aromatic heterocycles. The van der Waals surface area contributed by atoms with Crippen LogP contribution in [0.25, 0.3) is 70.3 Å². The normalized spacial score (nSPS) is 12.9. The van der Waals surface area contributed by atoms with Gasteiger partial charge in [-0.1, -0.05) is 170 Å². The van der Waals surface area contributed by atoms with E-state index in [0.717, 1.165) is 6.42 Å². The van der Waals surface area contributed by atoms with Crippen LogP contribution in [0.1, 0.15) is 11.3 Å². The molecule has 0 fully saturated rings. The van der Waals surface area contributed by atoms with E-state index in [9.17, 15) is 0 Å². The summed E-state index contributed by atoms with van der Waals surface area (Å²) in [7, 11) is -3.08. The van der Waals surface area contributed by atoms with Crippen LogP contribution in [-0.2, 0) is 6.42 Å². The number of thiophene rings is 1. The van der Waals surface area contributed by atoms with Crippen molar-refractivity contribution in [1.82, 2.24) is 9.13 Å². The van der Waals surface area contributed by atoms with Gasteiger partial charge in [0, 0.05) is 65.4 Å². The van der Waals surface area contributed by atoms with E-state index in [0.29, 0.717) is 0 Å². The van der Waals surface area contributed by atoms with Crippen molar-refractivity contribution in [3.63, 3.8) is 0 Å². The average Bonchev–Trinajstić information content (AvgIpc) is 3.86. The Morgan fingerprint density at radius 1 is 0.424 bits per heavy atom. The maximum atomic E-state index is 2.57. The maximum Gasteiger partial charge on any atom is 0.181 e. The van der Waals surface area contributed by atoms with Crippen molar-refractivity contribution in [2.75, 3.05) is 0 Å². The molecule has 0 aliphatic heterocycles. The first-order valence-electron chi connectivity index (χ1n) is 20.4. The van der Waals surface area contributed by atoms with Gasteiger partial charge in [-0.25, -0.2) is 0 Å². The third-order valence-corrected chi connectivity index (χ3v) is 18.4. The molecular formula is C55H38N2SSi. The van der Waals surface area contributed by atoms with Gasteiger partial charge in [-0.3, -0.25) is 0 Å². The molecule has 1 aliphatic carbocycles. The van der Waals surface area contributed by atoms with E-state index in [-0.39, 0.29) is 0 Å². The molecule has 0 atom stereocenters. The SMILES string of the molecule is C1=CCc2c(c3cc4sc5ccccc5c4cc3n2-c2cccc([Si](c3ccccc3)(c3ccccc3)c3cccc4c5ccccc5n(-c5ccccc5)c34)c2)C=C1. The summed E-state index contributed by atoms with van der Waals surface area (Å²) < 4.78 is 7.75. The van der Waals surface area contributed by atoms with Gasteiger partial charge in [-0.2, -0.15) is 0 Å². The predicted molar refractivity (Wildman–Crippen MR) is 256 cm³/mol. The van der Waals surface area contributed by atoms with Gasteiger partial charge in [-0.05, 0) is 69.3 Å². The van der Waals surface area contributed by atoms with Crippen molar-refractivity contribution in [2.24, 2.45) is 0 Å². The highest BCUT2D eigenvalue weighted by Gasteiger charge is 2.44. The minimum absolute atomic E-state index is 0.853. The summed E-state index contributed by atoms with van der Waals surface area (Å²) in [4.78, 5) is 0. The molecule has 0 unspecified atom stereocenters. The van der Waals surface area contributed by atoms with Crippen LogP contribution in [0.3, 0.4) is 0 Å². The van der Waals surface area contributed by atoms with Crippen molar-refractivity contribution in [1.29, 1.82) is 0 Å². The third-order valence-electron chi connectivity index (χ3n) is 12.5. The van der Waals surface area contributed by atoms with E-state index in [1.807, 2.05) is 11.3 Å². The number of aromatic nitrogens is 2. The second-order valence-electron chi connectivity index (χ2n) is 15.6. The number of fused-ring (bicyclic) bond motifs is 9. The summed E-state index contributed by atoms with van der Waals surface area (Å²) in [5, 5.41) is 11.9. The molecule has 0 bridgehead atoms. The quantitative estimate of drug-likeness (QED) is 0.117. The highest BCUT2D eigenvalue weighted by molar-refractivity contribution is 7.26. The summed E-state index contributed by atoms with van der Waals surface area (Å²) in [5.41, 5.74) is 8.72. The van der Waals surface area contributed by atoms with E-state index >= 15 is 0 Å². The van der Waals surface area contributed by atoms with Gasteiger partial charge in [-0.15, -0.1) is 11.3 Å².